The molecule has 76 valence electrons. The summed E-state index contributed by atoms with van der Waals surface area (Å²) in [6.45, 7) is 1.45. The number of carbonyl (C=O) groups is 2. The molecule has 6 nitrogen and oxygen atoms in total. The number of carboxylic acid groups (broad SMARTS) is 2. The van der Waals surface area contributed by atoms with Crippen molar-refractivity contribution in [2.45, 2.75) is 31.4 Å². The van der Waals surface area contributed by atoms with E-state index in [-0.39, 0.29) is 6.42 Å². The smallest absolute Gasteiger partial charge is 0.335 e. The summed E-state index contributed by atoms with van der Waals surface area (Å²) < 4.78 is 0. The third-order valence-electron chi connectivity index (χ3n) is 1.86. The first-order valence-corrected chi connectivity index (χ1v) is 3.77. The highest BCUT2D eigenvalue weighted by Crippen LogP contribution is 2.16. The third kappa shape index (κ3) is 3.00. The van der Waals surface area contributed by atoms with E-state index in [1.54, 1.807) is 0 Å². The Bertz CT molecular complexity index is 217. The van der Waals surface area contributed by atoms with E-state index >= 15 is 0 Å². The zero-order valence-corrected chi connectivity index (χ0v) is 7.23. The van der Waals surface area contributed by atoms with Gasteiger partial charge in [-0.2, -0.15) is 0 Å². The molecule has 0 aliphatic rings. The zero-order valence-electron chi connectivity index (χ0n) is 7.23. The Balaban J connectivity index is 4.45. The molecule has 0 unspecified atom stereocenters. The van der Waals surface area contributed by atoms with Crippen molar-refractivity contribution in [3.63, 3.8) is 0 Å². The third-order valence-corrected chi connectivity index (χ3v) is 1.86. The second kappa shape index (κ2) is 4.20. The van der Waals surface area contributed by atoms with Crippen LogP contribution >= 0.6 is 0 Å². The van der Waals surface area contributed by atoms with Crippen molar-refractivity contribution in [2.24, 2.45) is 5.73 Å². The molecule has 0 aliphatic carbocycles. The van der Waals surface area contributed by atoms with Crippen LogP contribution < -0.4 is 5.73 Å². The van der Waals surface area contributed by atoms with Crippen molar-refractivity contribution in [3.8, 4) is 0 Å². The van der Waals surface area contributed by atoms with Crippen LogP contribution in [0.15, 0.2) is 0 Å². The predicted molar refractivity (Wildman–Crippen MR) is 43.1 cm³/mol. The molecule has 0 bridgehead atoms. The first-order valence-electron chi connectivity index (χ1n) is 3.77. The van der Waals surface area contributed by atoms with E-state index in [1.165, 1.54) is 6.92 Å². The van der Waals surface area contributed by atoms with Crippen molar-refractivity contribution in [1.82, 2.24) is 0 Å². The number of aliphatic hydroxyl groups is 1. The number of carboxylic acids is 2. The van der Waals surface area contributed by atoms with Crippen LogP contribution in [0.1, 0.15) is 19.8 Å². The zero-order chi connectivity index (χ0) is 10.6. The van der Waals surface area contributed by atoms with E-state index in [9.17, 15) is 14.7 Å². The lowest BCUT2D eigenvalue weighted by atomic mass is 9.92. The van der Waals surface area contributed by atoms with Gasteiger partial charge < -0.3 is 21.1 Å². The van der Waals surface area contributed by atoms with Crippen LogP contribution in [0.5, 0.6) is 0 Å². The van der Waals surface area contributed by atoms with E-state index in [4.69, 9.17) is 15.9 Å². The maximum atomic E-state index is 10.5. The van der Waals surface area contributed by atoms with Gasteiger partial charge in [-0.05, 0) is 6.42 Å². The maximum Gasteiger partial charge on any atom is 0.335 e. The molecule has 0 amide bonds. The maximum absolute atomic E-state index is 10.5. The fourth-order valence-electron chi connectivity index (χ4n) is 0.834. The lowest BCUT2D eigenvalue weighted by molar-refractivity contribution is -0.161. The van der Waals surface area contributed by atoms with Gasteiger partial charge in [-0.15, -0.1) is 0 Å². The average Bonchev–Trinajstić information content (AvgIpc) is 2.03. The number of hydrogen-bond acceptors (Lipinski definition) is 4. The molecule has 6 heteroatoms. The summed E-state index contributed by atoms with van der Waals surface area (Å²) in [6, 6.07) is -1.36. The minimum absolute atomic E-state index is 0.0800. The summed E-state index contributed by atoms with van der Waals surface area (Å²) >= 11 is 0. The van der Waals surface area contributed by atoms with Crippen molar-refractivity contribution >= 4 is 11.9 Å². The van der Waals surface area contributed by atoms with Crippen molar-refractivity contribution in [3.05, 3.63) is 0 Å². The highest BCUT2D eigenvalue weighted by Gasteiger charge is 2.37. The molecule has 0 saturated heterocycles. The second-order valence-electron chi connectivity index (χ2n) is 2.84. The van der Waals surface area contributed by atoms with E-state index < -0.39 is 30.0 Å². The van der Waals surface area contributed by atoms with Crippen LogP contribution in [-0.2, 0) is 9.59 Å². The molecule has 0 aromatic carbocycles. The Morgan fingerprint density at radius 2 is 1.92 bits per heavy atom. The quantitative estimate of drug-likeness (QED) is 0.443. The highest BCUT2D eigenvalue weighted by molar-refractivity contribution is 5.79. The van der Waals surface area contributed by atoms with Gasteiger partial charge in [0.05, 0.1) is 0 Å². The van der Waals surface area contributed by atoms with E-state index in [2.05, 4.69) is 0 Å². The molecule has 0 heterocycles. The van der Waals surface area contributed by atoms with E-state index in [0.717, 1.165) is 0 Å². The summed E-state index contributed by atoms with van der Waals surface area (Å²) in [7, 11) is 0. The molecule has 5 N–H and O–H groups in total. The van der Waals surface area contributed by atoms with E-state index in [0.29, 0.717) is 0 Å². The van der Waals surface area contributed by atoms with Gasteiger partial charge >= 0.3 is 11.9 Å². The Morgan fingerprint density at radius 3 is 2.15 bits per heavy atom. The molecular weight excluding hydrogens is 178 g/mol. The lowest BCUT2D eigenvalue weighted by Crippen LogP contribution is -2.46. The Kier molecular flexibility index (Phi) is 3.83. The molecule has 0 radical (unpaired) electrons. The summed E-state index contributed by atoms with van der Waals surface area (Å²) in [5, 5.41) is 26.3. The predicted octanol–water partition coefficient (Wildman–Crippen LogP) is -0.986. The largest absolute Gasteiger partial charge is 0.480 e. The fraction of sp³-hybridized carbons (Fsp3) is 0.714. The molecule has 13 heavy (non-hydrogen) atoms. The lowest BCUT2D eigenvalue weighted by Gasteiger charge is -2.23. The van der Waals surface area contributed by atoms with Gasteiger partial charge in [0.25, 0.3) is 0 Å². The summed E-state index contributed by atoms with van der Waals surface area (Å²) in [6.07, 6.45) is -0.572. The highest BCUT2D eigenvalue weighted by atomic mass is 16.4. The minimum Gasteiger partial charge on any atom is -0.480 e. The standard InChI is InChI=1S/C7H13NO5/c1-2-7(13,6(11)12)3-4(8)5(9)10/h4,13H,2-3,8H2,1H3,(H,9,10)(H,11,12)/t4-,7+/m0/s1. The monoisotopic (exact) mass is 191 g/mol. The minimum atomic E-state index is -2.04. The first-order chi connectivity index (χ1) is 5.83. The molecule has 0 rings (SSSR count). The Labute approximate surface area is 75.0 Å². The molecule has 0 fully saturated rings. The summed E-state index contributed by atoms with van der Waals surface area (Å²) in [4.78, 5) is 20.8. The van der Waals surface area contributed by atoms with Crippen LogP contribution in [0.3, 0.4) is 0 Å². The molecular formula is C7H13NO5. The summed E-state index contributed by atoms with van der Waals surface area (Å²) in [5.41, 5.74) is 3.05. The number of aliphatic carboxylic acids is 2. The van der Waals surface area contributed by atoms with Crippen LogP contribution in [0, 0.1) is 0 Å². The van der Waals surface area contributed by atoms with Gasteiger partial charge in [-0.1, -0.05) is 6.92 Å². The second-order valence-corrected chi connectivity index (χ2v) is 2.84. The average molecular weight is 191 g/mol. The number of nitrogens with two attached hydrogens (primary N) is 1. The molecule has 0 aromatic heterocycles. The van der Waals surface area contributed by atoms with Crippen LogP contribution in [0.25, 0.3) is 0 Å². The van der Waals surface area contributed by atoms with Crippen LogP contribution in [0.2, 0.25) is 0 Å². The van der Waals surface area contributed by atoms with Gasteiger partial charge in [-0.3, -0.25) is 4.79 Å². The van der Waals surface area contributed by atoms with Gasteiger partial charge in [0, 0.05) is 6.42 Å². The van der Waals surface area contributed by atoms with E-state index in [1.807, 2.05) is 0 Å². The van der Waals surface area contributed by atoms with Crippen LogP contribution in [-0.4, -0.2) is 38.9 Å². The fourth-order valence-corrected chi connectivity index (χ4v) is 0.834. The van der Waals surface area contributed by atoms with Gasteiger partial charge in [0.1, 0.15) is 6.04 Å². The van der Waals surface area contributed by atoms with Gasteiger partial charge in [-0.25, -0.2) is 4.79 Å². The Hall–Kier alpha value is -1.14. The molecule has 0 saturated carbocycles. The summed E-state index contributed by atoms with van der Waals surface area (Å²) in [5.74, 6) is -2.78. The van der Waals surface area contributed by atoms with Crippen molar-refractivity contribution in [1.29, 1.82) is 0 Å². The number of hydrogen-bond donors (Lipinski definition) is 4. The first kappa shape index (κ1) is 11.9. The topological polar surface area (TPSA) is 121 Å². The molecule has 2 atom stereocenters. The molecule has 0 aliphatic heterocycles. The normalized spacial score (nSPS) is 17.5. The molecule has 0 aromatic rings. The van der Waals surface area contributed by atoms with Crippen molar-refractivity contribution < 1.29 is 24.9 Å². The van der Waals surface area contributed by atoms with Gasteiger partial charge in [0.2, 0.25) is 0 Å². The SMILES string of the molecule is CC[C@@](O)(C[C@H](N)C(=O)O)C(=O)O. The Morgan fingerprint density at radius 1 is 1.46 bits per heavy atom. The number of rotatable bonds is 5. The molecule has 0 spiro atoms. The van der Waals surface area contributed by atoms with Gasteiger partial charge in [0.15, 0.2) is 5.60 Å². The van der Waals surface area contributed by atoms with Crippen LogP contribution in [0.4, 0.5) is 0 Å². The van der Waals surface area contributed by atoms with Crippen molar-refractivity contribution in [2.75, 3.05) is 0 Å².